The number of hydrogen-bond donors (Lipinski definition) is 2. The molecule has 0 fully saturated rings. The molecule has 0 aromatic heterocycles. The first-order chi connectivity index (χ1) is 10.6. The van der Waals surface area contributed by atoms with Crippen LogP contribution in [0.4, 0.5) is 10.1 Å². The van der Waals surface area contributed by atoms with E-state index < -0.39 is 0 Å². The quantitative estimate of drug-likeness (QED) is 0.858. The van der Waals surface area contributed by atoms with Gasteiger partial charge in [0.1, 0.15) is 11.6 Å². The monoisotopic (exact) mass is 322 g/mol. The molecule has 2 aromatic rings. The molecule has 0 aliphatic rings. The van der Waals surface area contributed by atoms with Gasteiger partial charge in [-0.15, -0.1) is 0 Å². The number of ether oxygens (including phenoxy) is 1. The van der Waals surface area contributed by atoms with Gasteiger partial charge in [0.25, 0.3) is 0 Å². The highest BCUT2D eigenvalue weighted by molar-refractivity contribution is 6.30. The van der Waals surface area contributed by atoms with Crippen LogP contribution in [0.1, 0.15) is 5.56 Å². The van der Waals surface area contributed by atoms with E-state index in [1.54, 1.807) is 36.4 Å². The Labute approximate surface area is 133 Å². The smallest absolute Gasteiger partial charge is 0.239 e. The number of benzene rings is 2. The summed E-state index contributed by atoms with van der Waals surface area (Å²) < 4.78 is 18.6. The standard InChI is InChI=1S/C16H16ClFN2O2/c1-22-15-7-6-12(17)8-14(15)19-10-16(21)20-9-11-4-2-3-5-13(11)18/h2-8,19H,9-10H2,1H3,(H,20,21). The molecule has 0 saturated carbocycles. The van der Waals surface area contributed by atoms with Crippen molar-refractivity contribution in [1.82, 2.24) is 5.32 Å². The first kappa shape index (κ1) is 16.1. The summed E-state index contributed by atoms with van der Waals surface area (Å²) in [6.07, 6.45) is 0. The maximum Gasteiger partial charge on any atom is 0.239 e. The van der Waals surface area contributed by atoms with E-state index in [1.165, 1.54) is 13.2 Å². The Morgan fingerprint density at radius 3 is 2.77 bits per heavy atom. The third kappa shape index (κ3) is 4.36. The van der Waals surface area contributed by atoms with E-state index >= 15 is 0 Å². The summed E-state index contributed by atoms with van der Waals surface area (Å²) in [5.74, 6) is -0.0103. The molecule has 1 amide bonds. The predicted octanol–water partition coefficient (Wildman–Crippen LogP) is 3.22. The molecule has 0 aliphatic carbocycles. The molecule has 22 heavy (non-hydrogen) atoms. The second-order valence-corrected chi connectivity index (χ2v) is 5.00. The van der Waals surface area contributed by atoms with Crippen molar-refractivity contribution in [3.05, 3.63) is 58.9 Å². The third-order valence-electron chi connectivity index (χ3n) is 3.03. The van der Waals surface area contributed by atoms with Crippen LogP contribution in [-0.2, 0) is 11.3 Å². The molecule has 2 rings (SSSR count). The molecular formula is C16H16ClFN2O2. The molecule has 0 aliphatic heterocycles. The van der Waals surface area contributed by atoms with Gasteiger partial charge in [0, 0.05) is 17.1 Å². The van der Waals surface area contributed by atoms with Gasteiger partial charge in [-0.05, 0) is 24.3 Å². The lowest BCUT2D eigenvalue weighted by Crippen LogP contribution is -2.29. The number of amides is 1. The Bertz CT molecular complexity index is 664. The zero-order valence-corrected chi connectivity index (χ0v) is 12.8. The minimum atomic E-state index is -0.340. The van der Waals surface area contributed by atoms with E-state index in [-0.39, 0.29) is 24.8 Å². The summed E-state index contributed by atoms with van der Waals surface area (Å²) in [6, 6.07) is 11.4. The van der Waals surface area contributed by atoms with Gasteiger partial charge in [-0.1, -0.05) is 29.8 Å². The Hall–Kier alpha value is -2.27. The molecule has 0 radical (unpaired) electrons. The molecule has 6 heteroatoms. The molecule has 0 bridgehead atoms. The average molecular weight is 323 g/mol. The van der Waals surface area contributed by atoms with Gasteiger partial charge >= 0.3 is 0 Å². The first-order valence-electron chi connectivity index (χ1n) is 6.67. The Kier molecular flexibility index (Phi) is 5.61. The molecule has 2 aromatic carbocycles. The summed E-state index contributed by atoms with van der Waals surface area (Å²) in [5.41, 5.74) is 1.06. The average Bonchev–Trinajstić information content (AvgIpc) is 2.52. The normalized spacial score (nSPS) is 10.1. The number of rotatable bonds is 6. The number of hydrogen-bond acceptors (Lipinski definition) is 3. The van der Waals surface area contributed by atoms with E-state index in [2.05, 4.69) is 10.6 Å². The number of carbonyl (C=O) groups is 1. The van der Waals surface area contributed by atoms with Crippen LogP contribution in [-0.4, -0.2) is 19.6 Å². The van der Waals surface area contributed by atoms with Gasteiger partial charge < -0.3 is 15.4 Å². The minimum absolute atomic E-state index is 0.0329. The van der Waals surface area contributed by atoms with E-state index in [9.17, 15) is 9.18 Å². The zero-order valence-electron chi connectivity index (χ0n) is 12.0. The van der Waals surface area contributed by atoms with Gasteiger partial charge in [0.2, 0.25) is 5.91 Å². The number of methoxy groups -OCH3 is 1. The molecule has 116 valence electrons. The summed E-state index contributed by atoms with van der Waals surface area (Å²) in [4.78, 5) is 11.8. The molecule has 0 heterocycles. The van der Waals surface area contributed by atoms with Crippen LogP contribution in [0.2, 0.25) is 5.02 Å². The Morgan fingerprint density at radius 2 is 2.05 bits per heavy atom. The summed E-state index contributed by atoms with van der Waals surface area (Å²) in [7, 11) is 1.53. The van der Waals surface area contributed by atoms with Crippen LogP contribution >= 0.6 is 11.6 Å². The van der Waals surface area contributed by atoms with Crippen molar-refractivity contribution in [3.63, 3.8) is 0 Å². The fourth-order valence-corrected chi connectivity index (χ4v) is 2.06. The summed E-state index contributed by atoms with van der Waals surface area (Å²) in [5, 5.41) is 6.12. The lowest BCUT2D eigenvalue weighted by atomic mass is 10.2. The van der Waals surface area contributed by atoms with Crippen molar-refractivity contribution < 1.29 is 13.9 Å². The highest BCUT2D eigenvalue weighted by Crippen LogP contribution is 2.27. The van der Waals surface area contributed by atoms with Crippen LogP contribution < -0.4 is 15.4 Å². The minimum Gasteiger partial charge on any atom is -0.495 e. The largest absolute Gasteiger partial charge is 0.495 e. The van der Waals surface area contributed by atoms with Crippen LogP contribution in [0.15, 0.2) is 42.5 Å². The van der Waals surface area contributed by atoms with Gasteiger partial charge in [-0.2, -0.15) is 0 Å². The van der Waals surface area contributed by atoms with E-state index in [0.29, 0.717) is 22.0 Å². The van der Waals surface area contributed by atoms with Crippen LogP contribution in [0, 0.1) is 5.82 Å². The first-order valence-corrected chi connectivity index (χ1v) is 7.05. The van der Waals surface area contributed by atoms with Gasteiger partial charge in [0.05, 0.1) is 19.3 Å². The Balaban J connectivity index is 1.88. The molecule has 0 atom stereocenters. The fourth-order valence-electron chi connectivity index (χ4n) is 1.89. The second-order valence-electron chi connectivity index (χ2n) is 4.57. The highest BCUT2D eigenvalue weighted by atomic mass is 35.5. The highest BCUT2D eigenvalue weighted by Gasteiger charge is 2.07. The van der Waals surface area contributed by atoms with Gasteiger partial charge in [0.15, 0.2) is 0 Å². The lowest BCUT2D eigenvalue weighted by Gasteiger charge is -2.12. The van der Waals surface area contributed by atoms with Crippen molar-refractivity contribution in [2.24, 2.45) is 0 Å². The number of nitrogens with one attached hydrogen (secondary N) is 2. The fraction of sp³-hybridized carbons (Fsp3) is 0.188. The van der Waals surface area contributed by atoms with Crippen LogP contribution in [0.25, 0.3) is 0 Å². The molecule has 0 unspecified atom stereocenters. The van der Waals surface area contributed by atoms with Crippen molar-refractivity contribution in [3.8, 4) is 5.75 Å². The topological polar surface area (TPSA) is 50.4 Å². The summed E-state index contributed by atoms with van der Waals surface area (Å²) in [6.45, 7) is 0.172. The van der Waals surface area contributed by atoms with Gasteiger partial charge in [-0.25, -0.2) is 4.39 Å². The SMILES string of the molecule is COc1ccc(Cl)cc1NCC(=O)NCc1ccccc1F. The molecule has 0 saturated heterocycles. The van der Waals surface area contributed by atoms with E-state index in [0.717, 1.165) is 0 Å². The third-order valence-corrected chi connectivity index (χ3v) is 3.27. The van der Waals surface area contributed by atoms with Crippen molar-refractivity contribution in [1.29, 1.82) is 0 Å². The molecule has 0 spiro atoms. The Morgan fingerprint density at radius 1 is 1.27 bits per heavy atom. The van der Waals surface area contributed by atoms with Crippen molar-refractivity contribution >= 4 is 23.2 Å². The van der Waals surface area contributed by atoms with Crippen molar-refractivity contribution in [2.45, 2.75) is 6.54 Å². The molecule has 4 nitrogen and oxygen atoms in total. The van der Waals surface area contributed by atoms with Crippen molar-refractivity contribution in [2.75, 3.05) is 19.0 Å². The van der Waals surface area contributed by atoms with Gasteiger partial charge in [-0.3, -0.25) is 4.79 Å². The molecular weight excluding hydrogens is 307 g/mol. The van der Waals surface area contributed by atoms with E-state index in [4.69, 9.17) is 16.3 Å². The van der Waals surface area contributed by atoms with Crippen LogP contribution in [0.5, 0.6) is 5.75 Å². The predicted molar refractivity (Wildman–Crippen MR) is 84.7 cm³/mol. The van der Waals surface area contributed by atoms with E-state index in [1.807, 2.05) is 0 Å². The summed E-state index contributed by atoms with van der Waals surface area (Å²) >= 11 is 5.91. The lowest BCUT2D eigenvalue weighted by molar-refractivity contribution is -0.119. The number of halogens is 2. The number of carbonyl (C=O) groups excluding carboxylic acids is 1. The maximum atomic E-state index is 13.4. The maximum absolute atomic E-state index is 13.4. The number of anilines is 1. The van der Waals surface area contributed by atoms with Crippen LogP contribution in [0.3, 0.4) is 0 Å². The second kappa shape index (κ2) is 7.66. The molecule has 2 N–H and O–H groups in total. The zero-order chi connectivity index (χ0) is 15.9.